The Morgan fingerprint density at radius 2 is 1.78 bits per heavy atom. The van der Waals surface area contributed by atoms with E-state index in [1.54, 1.807) is 18.3 Å². The third-order valence-corrected chi connectivity index (χ3v) is 6.79. The lowest BCUT2D eigenvalue weighted by Gasteiger charge is -2.39. The number of nitrogens with one attached hydrogen (secondary N) is 2. The minimum Gasteiger partial charge on any atom is -0.497 e. The molecule has 2 N–H and O–H groups in total. The zero-order valence-corrected chi connectivity index (χ0v) is 20.8. The summed E-state index contributed by atoms with van der Waals surface area (Å²) in [5, 5.41) is 5.42. The van der Waals surface area contributed by atoms with Gasteiger partial charge in [-0.2, -0.15) is 0 Å². The molecule has 36 heavy (non-hydrogen) atoms. The van der Waals surface area contributed by atoms with E-state index in [1.807, 2.05) is 24.3 Å². The predicted molar refractivity (Wildman–Crippen MR) is 135 cm³/mol. The summed E-state index contributed by atoms with van der Waals surface area (Å²) in [4.78, 5) is 42.7. The van der Waals surface area contributed by atoms with Crippen molar-refractivity contribution in [3.05, 3.63) is 48.4 Å². The van der Waals surface area contributed by atoms with E-state index in [4.69, 9.17) is 9.15 Å². The molecule has 2 aliphatic rings. The van der Waals surface area contributed by atoms with Crippen molar-refractivity contribution in [2.45, 2.75) is 25.3 Å². The zero-order chi connectivity index (χ0) is 25.3. The summed E-state index contributed by atoms with van der Waals surface area (Å²) < 4.78 is 10.9. The Hall–Kier alpha value is -3.53. The second kappa shape index (κ2) is 12.4. The number of hydrogen-bond donors (Lipinski definition) is 2. The van der Waals surface area contributed by atoms with Crippen LogP contribution in [0, 0.1) is 0 Å². The van der Waals surface area contributed by atoms with Crippen LogP contribution in [0.25, 0.3) is 0 Å². The number of amides is 3. The molecule has 2 saturated heterocycles. The van der Waals surface area contributed by atoms with Gasteiger partial charge in [0.25, 0.3) is 0 Å². The van der Waals surface area contributed by atoms with E-state index >= 15 is 0 Å². The summed E-state index contributed by atoms with van der Waals surface area (Å²) in [7, 11) is 1.66. The fourth-order valence-corrected chi connectivity index (χ4v) is 4.74. The molecule has 0 unspecified atom stereocenters. The van der Waals surface area contributed by atoms with Crippen molar-refractivity contribution in [1.82, 2.24) is 20.4 Å². The van der Waals surface area contributed by atoms with E-state index in [0.717, 1.165) is 56.3 Å². The van der Waals surface area contributed by atoms with E-state index in [0.29, 0.717) is 25.9 Å². The monoisotopic (exact) mass is 497 g/mol. The molecule has 0 spiro atoms. The maximum Gasteiger partial charge on any atom is 0.309 e. The highest BCUT2D eigenvalue weighted by molar-refractivity contribution is 6.35. The molecule has 3 heterocycles. The second-order valence-electron chi connectivity index (χ2n) is 9.06. The largest absolute Gasteiger partial charge is 0.497 e. The first-order chi connectivity index (χ1) is 17.5. The van der Waals surface area contributed by atoms with Crippen molar-refractivity contribution in [3.63, 3.8) is 0 Å². The Kier molecular flexibility index (Phi) is 8.83. The van der Waals surface area contributed by atoms with E-state index in [2.05, 4.69) is 32.6 Å². The highest BCUT2D eigenvalue weighted by Gasteiger charge is 2.28. The van der Waals surface area contributed by atoms with Gasteiger partial charge in [-0.1, -0.05) is 0 Å². The summed E-state index contributed by atoms with van der Waals surface area (Å²) in [6.07, 6.45) is 3.73. The smallest absolute Gasteiger partial charge is 0.309 e. The zero-order valence-electron chi connectivity index (χ0n) is 20.8. The third kappa shape index (κ3) is 6.57. The Balaban J connectivity index is 1.24. The van der Waals surface area contributed by atoms with Crippen LogP contribution >= 0.6 is 0 Å². The SMILES string of the molecule is COc1ccc(N2CCN([C@H](CNC(=O)C(=O)NCCCN3CCCC3=O)c3ccco3)CC2)cc1. The van der Waals surface area contributed by atoms with Gasteiger partial charge in [-0.25, -0.2) is 0 Å². The third-order valence-electron chi connectivity index (χ3n) is 6.79. The van der Waals surface area contributed by atoms with Crippen LogP contribution < -0.4 is 20.3 Å². The predicted octanol–water partition coefficient (Wildman–Crippen LogP) is 1.40. The fraction of sp³-hybridized carbons (Fsp3) is 0.500. The molecule has 1 aromatic carbocycles. The van der Waals surface area contributed by atoms with Crippen molar-refractivity contribution >= 4 is 23.4 Å². The van der Waals surface area contributed by atoms with Crippen LogP contribution in [0.5, 0.6) is 5.75 Å². The van der Waals surface area contributed by atoms with E-state index in [1.165, 1.54) is 0 Å². The Morgan fingerprint density at radius 3 is 2.42 bits per heavy atom. The maximum absolute atomic E-state index is 12.4. The molecule has 1 aromatic heterocycles. The first-order valence-corrected chi connectivity index (χ1v) is 12.6. The number of carbonyl (C=O) groups excluding carboxylic acids is 3. The van der Waals surface area contributed by atoms with Crippen LogP contribution in [0.4, 0.5) is 5.69 Å². The average Bonchev–Trinajstić information content (AvgIpc) is 3.59. The molecule has 10 nitrogen and oxygen atoms in total. The van der Waals surface area contributed by atoms with Gasteiger partial charge in [0.1, 0.15) is 11.5 Å². The van der Waals surface area contributed by atoms with Crippen molar-refractivity contribution in [2.24, 2.45) is 0 Å². The molecule has 10 heteroatoms. The molecule has 194 valence electrons. The Labute approximate surface area is 211 Å². The molecule has 3 amide bonds. The Morgan fingerprint density at radius 1 is 1.03 bits per heavy atom. The summed E-state index contributed by atoms with van der Waals surface area (Å²) in [5.41, 5.74) is 1.14. The molecule has 1 atom stereocenters. The number of benzene rings is 1. The number of furan rings is 1. The molecule has 0 aliphatic carbocycles. The van der Waals surface area contributed by atoms with Crippen molar-refractivity contribution in [2.75, 3.05) is 64.4 Å². The van der Waals surface area contributed by atoms with Crippen LogP contribution in [0.2, 0.25) is 0 Å². The minimum atomic E-state index is -0.666. The molecule has 2 aliphatic heterocycles. The topological polar surface area (TPSA) is 107 Å². The van der Waals surface area contributed by atoms with Gasteiger partial charge < -0.3 is 29.6 Å². The van der Waals surface area contributed by atoms with Crippen LogP contribution in [0.3, 0.4) is 0 Å². The molecular formula is C26H35N5O5. The lowest BCUT2D eigenvalue weighted by atomic mass is 10.1. The number of ether oxygens (including phenoxy) is 1. The van der Waals surface area contributed by atoms with Gasteiger partial charge >= 0.3 is 11.8 Å². The number of methoxy groups -OCH3 is 1. The van der Waals surface area contributed by atoms with Crippen molar-refractivity contribution < 1.29 is 23.5 Å². The lowest BCUT2D eigenvalue weighted by Crippen LogP contribution is -2.50. The van der Waals surface area contributed by atoms with Gasteiger partial charge in [0.05, 0.1) is 19.4 Å². The standard InChI is InChI=1S/C26H35N5O5/c1-35-21-9-7-20(8-10-21)29-14-16-30(17-15-29)22(23-5-3-18-36-23)19-28-26(34)25(33)27-11-4-13-31-12-2-6-24(31)32/h3,5,7-10,18,22H,2,4,6,11-17,19H2,1H3,(H,27,33)(H,28,34)/t22-/m1/s1. The number of rotatable bonds is 10. The van der Waals surface area contributed by atoms with Crippen molar-refractivity contribution in [3.8, 4) is 5.75 Å². The van der Waals surface area contributed by atoms with E-state index < -0.39 is 11.8 Å². The summed E-state index contributed by atoms with van der Waals surface area (Å²) in [5.74, 6) is 0.416. The van der Waals surface area contributed by atoms with Crippen LogP contribution in [-0.2, 0) is 14.4 Å². The van der Waals surface area contributed by atoms with E-state index in [-0.39, 0.29) is 18.5 Å². The number of nitrogens with zero attached hydrogens (tertiary/aromatic N) is 3. The van der Waals surface area contributed by atoms with E-state index in [9.17, 15) is 14.4 Å². The second-order valence-corrected chi connectivity index (χ2v) is 9.06. The highest BCUT2D eigenvalue weighted by Crippen LogP contribution is 2.25. The molecule has 2 fully saturated rings. The highest BCUT2D eigenvalue weighted by atomic mass is 16.5. The Bertz CT molecular complexity index is 1000. The number of piperazine rings is 1. The average molecular weight is 498 g/mol. The summed E-state index contributed by atoms with van der Waals surface area (Å²) >= 11 is 0. The minimum absolute atomic E-state index is 0.160. The van der Waals surface area contributed by atoms with Gasteiger partial charge in [0, 0.05) is 64.5 Å². The normalized spacial score (nSPS) is 17.2. The van der Waals surface area contributed by atoms with Gasteiger partial charge in [0.15, 0.2) is 0 Å². The van der Waals surface area contributed by atoms with Gasteiger partial charge in [0.2, 0.25) is 5.91 Å². The van der Waals surface area contributed by atoms with Crippen LogP contribution in [0.15, 0.2) is 47.1 Å². The molecular weight excluding hydrogens is 462 g/mol. The lowest BCUT2D eigenvalue weighted by molar-refractivity contribution is -0.139. The quantitative estimate of drug-likeness (QED) is 0.377. The van der Waals surface area contributed by atoms with Gasteiger partial charge in [-0.3, -0.25) is 19.3 Å². The fourth-order valence-electron chi connectivity index (χ4n) is 4.74. The number of likely N-dealkylation sites (tertiary alicyclic amines) is 1. The number of anilines is 1. The molecule has 0 bridgehead atoms. The van der Waals surface area contributed by atoms with Gasteiger partial charge in [-0.05, 0) is 49.2 Å². The van der Waals surface area contributed by atoms with Crippen LogP contribution in [-0.4, -0.2) is 87.0 Å². The van der Waals surface area contributed by atoms with Crippen molar-refractivity contribution in [1.29, 1.82) is 0 Å². The first kappa shape index (κ1) is 25.6. The molecule has 0 radical (unpaired) electrons. The maximum atomic E-state index is 12.4. The first-order valence-electron chi connectivity index (χ1n) is 12.6. The summed E-state index contributed by atoms with van der Waals surface area (Å²) in [6.45, 7) is 5.23. The number of carbonyl (C=O) groups is 3. The molecule has 4 rings (SSSR count). The van der Waals surface area contributed by atoms with Gasteiger partial charge in [-0.15, -0.1) is 0 Å². The summed E-state index contributed by atoms with van der Waals surface area (Å²) in [6, 6.07) is 11.6. The number of hydrogen-bond acceptors (Lipinski definition) is 7. The molecule has 2 aromatic rings. The molecule has 0 saturated carbocycles. The van der Waals surface area contributed by atoms with Crippen LogP contribution in [0.1, 0.15) is 31.1 Å².